The van der Waals surface area contributed by atoms with Crippen LogP contribution in [0.3, 0.4) is 0 Å². The van der Waals surface area contributed by atoms with Crippen LogP contribution in [0.4, 0.5) is 11.4 Å². The summed E-state index contributed by atoms with van der Waals surface area (Å²) in [5.74, 6) is 0.450. The Hall–Kier alpha value is -2.20. The van der Waals surface area contributed by atoms with Gasteiger partial charge < -0.3 is 15.4 Å². The summed E-state index contributed by atoms with van der Waals surface area (Å²) in [6.07, 6.45) is 0. The van der Waals surface area contributed by atoms with E-state index in [0.29, 0.717) is 23.0 Å². The summed E-state index contributed by atoms with van der Waals surface area (Å²) in [6, 6.07) is 14.1. The van der Waals surface area contributed by atoms with Gasteiger partial charge in [-0.3, -0.25) is 4.79 Å². The Morgan fingerprint density at radius 3 is 2.57 bits per heavy atom. The smallest absolute Gasteiger partial charge is 0.264 e. The first-order valence-electron chi connectivity index (χ1n) is 6.64. The molecule has 2 aromatic carbocycles. The molecule has 0 fully saturated rings. The lowest BCUT2D eigenvalue weighted by Gasteiger charge is -2.21. The zero-order valence-electron chi connectivity index (χ0n) is 11.8. The number of anilines is 2. The molecule has 0 spiro atoms. The van der Waals surface area contributed by atoms with Gasteiger partial charge in [0, 0.05) is 22.9 Å². The third-order valence-corrected chi connectivity index (χ3v) is 3.22. The van der Waals surface area contributed by atoms with Gasteiger partial charge in [-0.1, -0.05) is 17.7 Å². The summed E-state index contributed by atoms with van der Waals surface area (Å²) >= 11 is 5.87. The molecular weight excluding hydrogens is 288 g/mol. The maximum Gasteiger partial charge on any atom is 0.264 e. The van der Waals surface area contributed by atoms with E-state index in [9.17, 15) is 4.79 Å². The van der Waals surface area contributed by atoms with Crippen LogP contribution < -0.4 is 15.4 Å². The Morgan fingerprint density at radius 1 is 1.24 bits per heavy atom. The minimum atomic E-state index is -0.123. The molecule has 0 aliphatic carbocycles. The molecule has 110 valence electrons. The highest BCUT2D eigenvalue weighted by Gasteiger charge is 2.14. The average Bonchev–Trinajstić information content (AvgIpc) is 2.48. The Kier molecular flexibility index (Phi) is 5.06. The number of nitrogens with zero attached hydrogens (tertiary/aromatic N) is 1. The first-order valence-corrected chi connectivity index (χ1v) is 7.02. The largest absolute Gasteiger partial charge is 0.484 e. The SMILES string of the molecule is CCN(C(=O)COc1cccc(Cl)c1)c1ccc(N)cc1. The molecule has 5 heteroatoms. The van der Waals surface area contributed by atoms with Crippen molar-refractivity contribution in [1.82, 2.24) is 0 Å². The van der Waals surface area contributed by atoms with Crippen LogP contribution >= 0.6 is 11.6 Å². The first kappa shape index (κ1) is 15.2. The first-order chi connectivity index (χ1) is 10.1. The van der Waals surface area contributed by atoms with Crippen molar-refractivity contribution in [2.45, 2.75) is 6.92 Å². The van der Waals surface area contributed by atoms with Gasteiger partial charge in [-0.25, -0.2) is 0 Å². The second-order valence-corrected chi connectivity index (χ2v) is 4.91. The third-order valence-electron chi connectivity index (χ3n) is 2.98. The lowest BCUT2D eigenvalue weighted by Crippen LogP contribution is -2.34. The average molecular weight is 305 g/mol. The van der Waals surface area contributed by atoms with Gasteiger partial charge in [0.15, 0.2) is 6.61 Å². The van der Waals surface area contributed by atoms with E-state index in [1.165, 1.54) is 0 Å². The van der Waals surface area contributed by atoms with E-state index in [2.05, 4.69) is 0 Å². The maximum atomic E-state index is 12.3. The van der Waals surface area contributed by atoms with Crippen LogP contribution in [0.25, 0.3) is 0 Å². The molecule has 2 N–H and O–H groups in total. The molecule has 0 aliphatic rings. The summed E-state index contributed by atoms with van der Waals surface area (Å²) in [5.41, 5.74) is 7.11. The van der Waals surface area contributed by atoms with Crippen molar-refractivity contribution >= 4 is 28.9 Å². The normalized spacial score (nSPS) is 10.2. The Morgan fingerprint density at radius 2 is 1.95 bits per heavy atom. The summed E-state index contributed by atoms with van der Waals surface area (Å²) in [6.45, 7) is 2.42. The van der Waals surface area contributed by atoms with Crippen molar-refractivity contribution in [1.29, 1.82) is 0 Å². The molecule has 0 unspecified atom stereocenters. The third kappa shape index (κ3) is 4.13. The minimum absolute atomic E-state index is 0.0431. The molecule has 0 radical (unpaired) electrons. The number of nitrogens with two attached hydrogens (primary N) is 1. The minimum Gasteiger partial charge on any atom is -0.484 e. The van der Waals surface area contributed by atoms with Crippen LogP contribution in [0.5, 0.6) is 5.75 Å². The second kappa shape index (κ2) is 6.99. The van der Waals surface area contributed by atoms with Crippen molar-refractivity contribution in [3.05, 3.63) is 53.6 Å². The van der Waals surface area contributed by atoms with Gasteiger partial charge >= 0.3 is 0 Å². The number of likely N-dealkylation sites (N-methyl/N-ethyl adjacent to an activating group) is 1. The number of halogens is 1. The van der Waals surface area contributed by atoms with Crippen LogP contribution in [0.1, 0.15) is 6.92 Å². The van der Waals surface area contributed by atoms with E-state index in [1.807, 2.05) is 19.1 Å². The predicted molar refractivity (Wildman–Crippen MR) is 85.8 cm³/mol. The molecular formula is C16H17ClN2O2. The van der Waals surface area contributed by atoms with Crippen LogP contribution in [-0.2, 0) is 4.79 Å². The molecule has 1 amide bonds. The fourth-order valence-electron chi connectivity index (χ4n) is 1.94. The van der Waals surface area contributed by atoms with Gasteiger partial charge in [0.1, 0.15) is 5.75 Å². The van der Waals surface area contributed by atoms with Crippen molar-refractivity contribution in [3.63, 3.8) is 0 Å². The van der Waals surface area contributed by atoms with E-state index in [1.54, 1.807) is 41.3 Å². The molecule has 0 aliphatic heterocycles. The molecule has 0 saturated carbocycles. The number of hydrogen-bond acceptors (Lipinski definition) is 3. The van der Waals surface area contributed by atoms with Gasteiger partial charge in [0.2, 0.25) is 0 Å². The fraction of sp³-hybridized carbons (Fsp3) is 0.188. The standard InChI is InChI=1S/C16H17ClN2O2/c1-2-19(14-8-6-13(18)7-9-14)16(20)11-21-15-5-3-4-12(17)10-15/h3-10H,2,11,18H2,1H3. The number of carbonyl (C=O) groups excluding carboxylic acids is 1. The molecule has 0 aromatic heterocycles. The van der Waals surface area contributed by atoms with E-state index in [-0.39, 0.29) is 12.5 Å². The number of benzene rings is 2. The van der Waals surface area contributed by atoms with Crippen LogP contribution in [0.2, 0.25) is 5.02 Å². The van der Waals surface area contributed by atoms with Crippen molar-refractivity contribution in [2.75, 3.05) is 23.8 Å². The van der Waals surface area contributed by atoms with Crippen molar-refractivity contribution in [3.8, 4) is 5.75 Å². The van der Waals surface area contributed by atoms with Gasteiger partial charge in [-0.05, 0) is 49.4 Å². The molecule has 0 heterocycles. The molecule has 0 bridgehead atoms. The molecule has 0 atom stereocenters. The van der Waals surface area contributed by atoms with Crippen LogP contribution in [-0.4, -0.2) is 19.1 Å². The van der Waals surface area contributed by atoms with Gasteiger partial charge in [0.05, 0.1) is 0 Å². The highest BCUT2D eigenvalue weighted by atomic mass is 35.5. The second-order valence-electron chi connectivity index (χ2n) is 4.48. The molecule has 4 nitrogen and oxygen atoms in total. The monoisotopic (exact) mass is 304 g/mol. The van der Waals surface area contributed by atoms with E-state index in [4.69, 9.17) is 22.1 Å². The van der Waals surface area contributed by atoms with E-state index >= 15 is 0 Å². The number of hydrogen-bond donors (Lipinski definition) is 1. The van der Waals surface area contributed by atoms with Crippen molar-refractivity contribution < 1.29 is 9.53 Å². The van der Waals surface area contributed by atoms with Crippen LogP contribution in [0, 0.1) is 0 Å². The van der Waals surface area contributed by atoms with E-state index < -0.39 is 0 Å². The Balaban J connectivity index is 2.02. The zero-order valence-corrected chi connectivity index (χ0v) is 12.5. The molecule has 2 rings (SSSR count). The topological polar surface area (TPSA) is 55.6 Å². The number of amides is 1. The maximum absolute atomic E-state index is 12.3. The molecule has 2 aromatic rings. The molecule has 0 saturated heterocycles. The quantitative estimate of drug-likeness (QED) is 0.862. The van der Waals surface area contributed by atoms with E-state index in [0.717, 1.165) is 5.69 Å². The number of nitrogen functional groups attached to an aromatic ring is 1. The molecule has 21 heavy (non-hydrogen) atoms. The Bertz CT molecular complexity index is 614. The van der Waals surface area contributed by atoms with Gasteiger partial charge in [0.25, 0.3) is 5.91 Å². The fourth-order valence-corrected chi connectivity index (χ4v) is 2.12. The highest BCUT2D eigenvalue weighted by Crippen LogP contribution is 2.19. The Labute approximate surface area is 129 Å². The lowest BCUT2D eigenvalue weighted by molar-refractivity contribution is -0.120. The summed E-state index contributed by atoms with van der Waals surface area (Å²) < 4.78 is 5.48. The number of rotatable bonds is 5. The predicted octanol–water partition coefficient (Wildman–Crippen LogP) is 3.35. The van der Waals surface area contributed by atoms with Crippen molar-refractivity contribution in [2.24, 2.45) is 0 Å². The van der Waals surface area contributed by atoms with Gasteiger partial charge in [-0.2, -0.15) is 0 Å². The zero-order chi connectivity index (χ0) is 15.2. The van der Waals surface area contributed by atoms with Gasteiger partial charge in [-0.15, -0.1) is 0 Å². The summed E-state index contributed by atoms with van der Waals surface area (Å²) in [5, 5.41) is 0.575. The number of carbonyl (C=O) groups is 1. The highest BCUT2D eigenvalue weighted by molar-refractivity contribution is 6.30. The number of ether oxygens (including phenoxy) is 1. The van der Waals surface area contributed by atoms with Crippen LogP contribution in [0.15, 0.2) is 48.5 Å². The lowest BCUT2D eigenvalue weighted by atomic mass is 10.2. The summed E-state index contributed by atoms with van der Waals surface area (Å²) in [4.78, 5) is 13.9. The summed E-state index contributed by atoms with van der Waals surface area (Å²) in [7, 11) is 0.